The van der Waals surface area contributed by atoms with Crippen molar-refractivity contribution in [2.75, 3.05) is 26.7 Å². The number of alkyl halides is 3. The number of carbonyl (C=O) groups is 1. The molecule has 0 bridgehead atoms. The van der Waals surface area contributed by atoms with Crippen LogP contribution in [0.2, 0.25) is 0 Å². The van der Waals surface area contributed by atoms with Gasteiger partial charge >= 0.3 is 6.18 Å². The summed E-state index contributed by atoms with van der Waals surface area (Å²) in [6.45, 7) is 2.98. The molecule has 4 nitrogen and oxygen atoms in total. The number of halogens is 3. The Labute approximate surface area is 111 Å². The summed E-state index contributed by atoms with van der Waals surface area (Å²) in [4.78, 5) is 13.0. The van der Waals surface area contributed by atoms with Gasteiger partial charge in [0.15, 0.2) is 0 Å². The quantitative estimate of drug-likeness (QED) is 0.829. The van der Waals surface area contributed by atoms with Gasteiger partial charge in [0.05, 0.1) is 12.1 Å². The molecule has 0 aromatic rings. The lowest BCUT2D eigenvalue weighted by molar-refractivity contribution is -0.163. The first kappa shape index (κ1) is 16.2. The van der Waals surface area contributed by atoms with E-state index in [9.17, 15) is 18.0 Å². The lowest BCUT2D eigenvalue weighted by Crippen LogP contribution is -2.48. The lowest BCUT2D eigenvalue weighted by atomic mass is 10.1. The molecule has 1 fully saturated rings. The normalized spacial score (nSPS) is 23.9. The smallest absolute Gasteiger partial charge is 0.380 e. The molecule has 0 aliphatic carbocycles. The van der Waals surface area contributed by atoms with Gasteiger partial charge in [0.1, 0.15) is 6.54 Å². The van der Waals surface area contributed by atoms with Gasteiger partial charge in [-0.3, -0.25) is 4.79 Å². The Morgan fingerprint density at radius 2 is 2.11 bits per heavy atom. The number of hydrogen-bond acceptors (Lipinski definition) is 3. The van der Waals surface area contributed by atoms with E-state index in [0.717, 1.165) is 4.90 Å². The van der Waals surface area contributed by atoms with Crippen LogP contribution in [0.15, 0.2) is 0 Å². The minimum absolute atomic E-state index is 0.00840. The van der Waals surface area contributed by atoms with Crippen LogP contribution in [0.5, 0.6) is 0 Å². The largest absolute Gasteiger partial charge is 0.406 e. The maximum absolute atomic E-state index is 12.5. The molecule has 1 aliphatic heterocycles. The third-order valence-electron chi connectivity index (χ3n) is 2.99. The highest BCUT2D eigenvalue weighted by Crippen LogP contribution is 2.20. The zero-order chi connectivity index (χ0) is 14.6. The van der Waals surface area contributed by atoms with E-state index < -0.39 is 24.7 Å². The van der Waals surface area contributed by atoms with Gasteiger partial charge in [-0.2, -0.15) is 13.2 Å². The highest BCUT2D eigenvalue weighted by Gasteiger charge is 2.38. The van der Waals surface area contributed by atoms with Crippen molar-refractivity contribution < 1.29 is 22.7 Å². The summed E-state index contributed by atoms with van der Waals surface area (Å²) in [6.07, 6.45) is -4.06. The number of carbonyl (C=O) groups excluding carboxylic acids is 1. The number of nitrogens with zero attached hydrogens (tertiary/aromatic N) is 1. The van der Waals surface area contributed by atoms with Crippen LogP contribution in [-0.4, -0.2) is 55.9 Å². The van der Waals surface area contributed by atoms with Crippen LogP contribution in [0.1, 0.15) is 20.3 Å². The summed E-state index contributed by atoms with van der Waals surface area (Å²) >= 11 is 0. The molecule has 1 rings (SSSR count). The van der Waals surface area contributed by atoms with Crippen LogP contribution >= 0.6 is 0 Å². The second-order valence-electron chi connectivity index (χ2n) is 5.28. The standard InChI is InChI=1S/C12H21F3N2O2/c1-8(2)6-17(7-12(13,14)15)11(18)10-4-9(19-3)5-16-10/h8-10,16H,4-7H2,1-3H3. The van der Waals surface area contributed by atoms with E-state index >= 15 is 0 Å². The molecule has 1 saturated heterocycles. The Bertz CT molecular complexity index is 308. The topological polar surface area (TPSA) is 41.6 Å². The molecule has 1 amide bonds. The fraction of sp³-hybridized carbons (Fsp3) is 0.917. The van der Waals surface area contributed by atoms with Crippen LogP contribution in [0.25, 0.3) is 0 Å². The van der Waals surface area contributed by atoms with Gasteiger partial charge in [0.25, 0.3) is 0 Å². The first-order chi connectivity index (χ1) is 8.73. The van der Waals surface area contributed by atoms with Crippen molar-refractivity contribution in [2.24, 2.45) is 5.92 Å². The predicted octanol–water partition coefficient (Wildman–Crippen LogP) is 1.41. The third-order valence-corrected chi connectivity index (χ3v) is 2.99. The molecule has 2 unspecified atom stereocenters. The minimum Gasteiger partial charge on any atom is -0.380 e. The second kappa shape index (κ2) is 6.56. The Kier molecular flexibility index (Phi) is 5.61. The molecule has 1 heterocycles. The van der Waals surface area contributed by atoms with E-state index in [1.165, 1.54) is 7.11 Å². The minimum atomic E-state index is -4.37. The van der Waals surface area contributed by atoms with Gasteiger partial charge < -0.3 is 15.0 Å². The molecule has 7 heteroatoms. The van der Waals surface area contributed by atoms with Gasteiger partial charge in [-0.25, -0.2) is 0 Å². The SMILES string of the molecule is COC1CNC(C(=O)N(CC(C)C)CC(F)(F)F)C1. The molecular formula is C12H21F3N2O2. The lowest BCUT2D eigenvalue weighted by Gasteiger charge is -2.28. The number of rotatable bonds is 5. The van der Waals surface area contributed by atoms with Crippen LogP contribution in [0.4, 0.5) is 13.2 Å². The van der Waals surface area contributed by atoms with Crippen LogP contribution in [-0.2, 0) is 9.53 Å². The molecule has 0 spiro atoms. The van der Waals surface area contributed by atoms with Crippen LogP contribution in [0, 0.1) is 5.92 Å². The van der Waals surface area contributed by atoms with Crippen molar-refractivity contribution >= 4 is 5.91 Å². The summed E-state index contributed by atoms with van der Waals surface area (Å²) in [5.41, 5.74) is 0. The predicted molar refractivity (Wildman–Crippen MR) is 64.7 cm³/mol. The van der Waals surface area contributed by atoms with Crippen molar-refractivity contribution in [3.05, 3.63) is 0 Å². The van der Waals surface area contributed by atoms with E-state index in [4.69, 9.17) is 4.74 Å². The molecule has 19 heavy (non-hydrogen) atoms. The zero-order valence-corrected chi connectivity index (χ0v) is 11.5. The summed E-state index contributed by atoms with van der Waals surface area (Å²) in [5, 5.41) is 2.91. The molecule has 2 atom stereocenters. The van der Waals surface area contributed by atoms with Crippen LogP contribution in [0.3, 0.4) is 0 Å². The van der Waals surface area contributed by atoms with E-state index in [-0.39, 0.29) is 18.6 Å². The zero-order valence-electron chi connectivity index (χ0n) is 11.5. The van der Waals surface area contributed by atoms with E-state index in [1.807, 2.05) is 0 Å². The molecule has 1 aliphatic rings. The highest BCUT2D eigenvalue weighted by molar-refractivity contribution is 5.82. The van der Waals surface area contributed by atoms with Gasteiger partial charge in [-0.15, -0.1) is 0 Å². The average Bonchev–Trinajstić information content (AvgIpc) is 2.73. The number of nitrogens with one attached hydrogen (secondary N) is 1. The van der Waals surface area contributed by atoms with Crippen molar-refractivity contribution in [2.45, 2.75) is 38.6 Å². The highest BCUT2D eigenvalue weighted by atomic mass is 19.4. The molecule has 0 radical (unpaired) electrons. The van der Waals surface area contributed by atoms with Crippen molar-refractivity contribution in [1.82, 2.24) is 10.2 Å². The van der Waals surface area contributed by atoms with E-state index in [0.29, 0.717) is 13.0 Å². The summed E-state index contributed by atoms with van der Waals surface area (Å²) in [7, 11) is 1.53. The Hall–Kier alpha value is -0.820. The number of methoxy groups -OCH3 is 1. The van der Waals surface area contributed by atoms with Crippen molar-refractivity contribution in [1.29, 1.82) is 0 Å². The number of ether oxygens (including phenoxy) is 1. The number of amides is 1. The molecule has 1 N–H and O–H groups in total. The molecule has 0 aromatic heterocycles. The van der Waals surface area contributed by atoms with Gasteiger partial charge in [-0.1, -0.05) is 13.8 Å². The van der Waals surface area contributed by atoms with E-state index in [2.05, 4.69) is 5.32 Å². The fourth-order valence-electron chi connectivity index (χ4n) is 2.18. The third kappa shape index (κ3) is 5.36. The summed E-state index contributed by atoms with van der Waals surface area (Å²) in [5.74, 6) is -0.503. The monoisotopic (exact) mass is 282 g/mol. The molecule has 0 saturated carbocycles. The Morgan fingerprint density at radius 3 is 2.53 bits per heavy atom. The Morgan fingerprint density at radius 1 is 1.47 bits per heavy atom. The van der Waals surface area contributed by atoms with Crippen molar-refractivity contribution in [3.8, 4) is 0 Å². The molecular weight excluding hydrogens is 261 g/mol. The first-order valence-corrected chi connectivity index (χ1v) is 6.34. The van der Waals surface area contributed by atoms with E-state index in [1.54, 1.807) is 13.8 Å². The Balaban J connectivity index is 2.66. The maximum Gasteiger partial charge on any atom is 0.406 e. The van der Waals surface area contributed by atoms with Crippen LogP contribution < -0.4 is 5.32 Å². The van der Waals surface area contributed by atoms with Gasteiger partial charge in [0.2, 0.25) is 5.91 Å². The average molecular weight is 282 g/mol. The summed E-state index contributed by atoms with van der Waals surface area (Å²) < 4.78 is 42.6. The van der Waals surface area contributed by atoms with Gasteiger partial charge in [-0.05, 0) is 12.3 Å². The first-order valence-electron chi connectivity index (χ1n) is 6.34. The van der Waals surface area contributed by atoms with Gasteiger partial charge in [0, 0.05) is 20.2 Å². The fourth-order valence-corrected chi connectivity index (χ4v) is 2.18. The second-order valence-corrected chi connectivity index (χ2v) is 5.28. The summed E-state index contributed by atoms with van der Waals surface area (Å²) in [6, 6.07) is -0.578. The number of hydrogen-bond donors (Lipinski definition) is 1. The molecule has 0 aromatic carbocycles. The maximum atomic E-state index is 12.5. The van der Waals surface area contributed by atoms with Crippen molar-refractivity contribution in [3.63, 3.8) is 0 Å². The molecule has 112 valence electrons.